The highest BCUT2D eigenvalue weighted by molar-refractivity contribution is 5.77. The second kappa shape index (κ2) is 10.0. The number of hydrogen-bond donors (Lipinski definition) is 0. The number of aldehydes is 1. The lowest BCUT2D eigenvalue weighted by atomic mass is 9.77. The molecular weight excluding hydrogens is 348 g/mol. The van der Waals surface area contributed by atoms with Crippen LogP contribution in [0.2, 0.25) is 0 Å². The fourth-order valence-corrected chi connectivity index (χ4v) is 4.95. The Morgan fingerprint density at radius 3 is 2.43 bits per heavy atom. The van der Waals surface area contributed by atoms with Crippen LogP contribution in [0.25, 0.3) is 6.08 Å². The van der Waals surface area contributed by atoms with Gasteiger partial charge in [0.1, 0.15) is 12.0 Å². The molecule has 0 aliphatic heterocycles. The van der Waals surface area contributed by atoms with Crippen LogP contribution in [0.4, 0.5) is 0 Å². The van der Waals surface area contributed by atoms with Gasteiger partial charge in [-0.2, -0.15) is 0 Å². The molecule has 0 atom stereocenters. The van der Waals surface area contributed by atoms with Crippen molar-refractivity contribution >= 4 is 18.3 Å². The molecule has 152 valence electrons. The Hall–Kier alpha value is -1.90. The molecule has 1 aromatic rings. The maximum Gasteiger partial charge on any atom is 0.314 e. The van der Waals surface area contributed by atoms with Crippen molar-refractivity contribution < 1.29 is 14.3 Å². The number of carbonyl (C=O) groups excluding carboxylic acids is 2. The number of ether oxygens (including phenoxy) is 1. The minimum atomic E-state index is -0.166. The highest BCUT2D eigenvalue weighted by Gasteiger charge is 2.28. The lowest BCUT2D eigenvalue weighted by Crippen LogP contribution is -2.26. The first-order chi connectivity index (χ1) is 13.6. The van der Waals surface area contributed by atoms with Gasteiger partial charge in [-0.05, 0) is 80.9 Å². The predicted octanol–water partition coefficient (Wildman–Crippen LogP) is 6.31. The summed E-state index contributed by atoms with van der Waals surface area (Å²) >= 11 is 0. The van der Waals surface area contributed by atoms with Crippen LogP contribution in [0.15, 0.2) is 24.8 Å². The second-order valence-corrected chi connectivity index (χ2v) is 8.68. The van der Waals surface area contributed by atoms with Gasteiger partial charge in [-0.1, -0.05) is 38.5 Å². The molecule has 2 fully saturated rings. The Bertz CT molecular complexity index is 677. The predicted molar refractivity (Wildman–Crippen MR) is 113 cm³/mol. The van der Waals surface area contributed by atoms with Gasteiger partial charge in [0.2, 0.25) is 0 Å². The lowest BCUT2D eigenvalue weighted by molar-refractivity contribution is -0.140. The summed E-state index contributed by atoms with van der Waals surface area (Å²) in [4.78, 5) is 23.5. The van der Waals surface area contributed by atoms with Gasteiger partial charge in [-0.3, -0.25) is 4.79 Å². The smallest absolute Gasteiger partial charge is 0.314 e. The van der Waals surface area contributed by atoms with E-state index in [2.05, 4.69) is 25.6 Å². The Labute approximate surface area is 169 Å². The summed E-state index contributed by atoms with van der Waals surface area (Å²) in [7, 11) is 0. The molecule has 0 bridgehead atoms. The first-order valence-corrected chi connectivity index (χ1v) is 11.1. The van der Waals surface area contributed by atoms with Gasteiger partial charge in [0.25, 0.3) is 0 Å². The van der Waals surface area contributed by atoms with Gasteiger partial charge in [0.15, 0.2) is 0 Å². The quantitative estimate of drug-likeness (QED) is 0.315. The van der Waals surface area contributed by atoms with Crippen LogP contribution in [0.5, 0.6) is 5.75 Å². The van der Waals surface area contributed by atoms with E-state index >= 15 is 0 Å². The Morgan fingerprint density at radius 2 is 1.82 bits per heavy atom. The molecule has 1 aromatic carbocycles. The van der Waals surface area contributed by atoms with Crippen LogP contribution >= 0.6 is 0 Å². The summed E-state index contributed by atoms with van der Waals surface area (Å²) in [5.41, 5.74) is 2.25. The first kappa shape index (κ1) is 20.8. The largest absolute Gasteiger partial charge is 0.426 e. The Morgan fingerprint density at radius 1 is 1.11 bits per heavy atom. The zero-order chi connectivity index (χ0) is 19.9. The summed E-state index contributed by atoms with van der Waals surface area (Å²) in [5.74, 6) is 1.97. The van der Waals surface area contributed by atoms with Gasteiger partial charge >= 0.3 is 5.97 Å². The van der Waals surface area contributed by atoms with Gasteiger partial charge in [0.05, 0.1) is 5.92 Å². The summed E-state index contributed by atoms with van der Waals surface area (Å²) in [6, 6.07) is 6.23. The van der Waals surface area contributed by atoms with E-state index < -0.39 is 0 Å². The second-order valence-electron chi connectivity index (χ2n) is 8.68. The maximum atomic E-state index is 12.6. The SMILES string of the molecule is C=Cc1cc(C2CCC(CCC)CC2)ccc1OC(=O)C1CCC(C=O)CC1. The molecule has 0 amide bonds. The molecule has 0 aromatic heterocycles. The molecule has 0 radical (unpaired) electrons. The van der Waals surface area contributed by atoms with Gasteiger partial charge < -0.3 is 9.53 Å². The van der Waals surface area contributed by atoms with E-state index in [-0.39, 0.29) is 17.8 Å². The monoisotopic (exact) mass is 382 g/mol. The summed E-state index contributed by atoms with van der Waals surface area (Å²) in [6.07, 6.45) is 13.7. The highest BCUT2D eigenvalue weighted by atomic mass is 16.5. The fraction of sp³-hybridized carbons (Fsp3) is 0.600. The maximum absolute atomic E-state index is 12.6. The van der Waals surface area contributed by atoms with Crippen LogP contribution in [0.1, 0.15) is 88.2 Å². The number of benzene rings is 1. The topological polar surface area (TPSA) is 43.4 Å². The number of hydrogen-bond acceptors (Lipinski definition) is 3. The lowest BCUT2D eigenvalue weighted by Gasteiger charge is -2.29. The Kier molecular flexibility index (Phi) is 7.47. The molecule has 2 saturated carbocycles. The third-order valence-corrected chi connectivity index (χ3v) is 6.78. The van der Waals surface area contributed by atoms with Crippen LogP contribution < -0.4 is 4.74 Å². The van der Waals surface area contributed by atoms with Gasteiger partial charge in [-0.25, -0.2) is 0 Å². The van der Waals surface area contributed by atoms with E-state index in [0.29, 0.717) is 11.7 Å². The van der Waals surface area contributed by atoms with Crippen molar-refractivity contribution in [3.63, 3.8) is 0 Å². The van der Waals surface area contributed by atoms with Crippen molar-refractivity contribution in [1.82, 2.24) is 0 Å². The zero-order valence-corrected chi connectivity index (χ0v) is 17.2. The molecular formula is C25H34O3. The first-order valence-electron chi connectivity index (χ1n) is 11.1. The fourth-order valence-electron chi connectivity index (χ4n) is 4.95. The highest BCUT2D eigenvalue weighted by Crippen LogP contribution is 2.39. The standard InChI is InChI=1S/C25H34O3/c1-3-5-18-6-10-21(11-7-18)23-14-15-24(20(4-2)16-23)28-25(27)22-12-8-19(17-26)9-13-22/h4,14-19,21-22H,2-3,5-13H2,1H3. The number of esters is 1. The van der Waals surface area contributed by atoms with Crippen LogP contribution in [0.3, 0.4) is 0 Å². The van der Waals surface area contributed by atoms with Crippen LogP contribution in [-0.4, -0.2) is 12.3 Å². The van der Waals surface area contributed by atoms with Crippen molar-refractivity contribution in [2.45, 2.75) is 77.0 Å². The summed E-state index contributed by atoms with van der Waals surface area (Å²) in [6.45, 7) is 6.20. The third-order valence-electron chi connectivity index (χ3n) is 6.78. The zero-order valence-electron chi connectivity index (χ0n) is 17.2. The number of rotatable bonds is 7. The van der Waals surface area contributed by atoms with Crippen molar-refractivity contribution in [1.29, 1.82) is 0 Å². The molecule has 28 heavy (non-hydrogen) atoms. The van der Waals surface area contributed by atoms with E-state index in [1.807, 2.05) is 6.07 Å². The molecule has 3 rings (SSSR count). The van der Waals surface area contributed by atoms with Gasteiger partial charge in [-0.15, -0.1) is 0 Å². The third kappa shape index (κ3) is 5.12. The average molecular weight is 383 g/mol. The minimum Gasteiger partial charge on any atom is -0.426 e. The van der Waals surface area contributed by atoms with Crippen LogP contribution in [-0.2, 0) is 9.59 Å². The minimum absolute atomic E-state index is 0.0950. The molecule has 2 aliphatic rings. The number of carbonyl (C=O) groups is 2. The van der Waals surface area contributed by atoms with E-state index in [0.717, 1.165) is 43.5 Å². The van der Waals surface area contributed by atoms with Gasteiger partial charge in [0, 0.05) is 11.5 Å². The van der Waals surface area contributed by atoms with Crippen molar-refractivity contribution in [3.05, 3.63) is 35.9 Å². The normalized spacial score (nSPS) is 27.8. The van der Waals surface area contributed by atoms with Crippen molar-refractivity contribution in [2.24, 2.45) is 17.8 Å². The molecule has 0 unspecified atom stereocenters. The molecule has 0 saturated heterocycles. The van der Waals surface area contributed by atoms with E-state index in [1.54, 1.807) is 6.08 Å². The van der Waals surface area contributed by atoms with Crippen LogP contribution in [0, 0.1) is 17.8 Å². The molecule has 3 heteroatoms. The average Bonchev–Trinajstić information content (AvgIpc) is 2.75. The molecule has 3 nitrogen and oxygen atoms in total. The molecule has 0 spiro atoms. The summed E-state index contributed by atoms with van der Waals surface area (Å²) in [5, 5.41) is 0. The summed E-state index contributed by atoms with van der Waals surface area (Å²) < 4.78 is 5.74. The Balaban J connectivity index is 1.61. The molecule has 0 heterocycles. The molecule has 0 N–H and O–H groups in total. The van der Waals surface area contributed by atoms with Crippen molar-refractivity contribution in [2.75, 3.05) is 0 Å². The van der Waals surface area contributed by atoms with E-state index in [4.69, 9.17) is 4.74 Å². The van der Waals surface area contributed by atoms with E-state index in [1.165, 1.54) is 44.1 Å². The van der Waals surface area contributed by atoms with Crippen molar-refractivity contribution in [3.8, 4) is 5.75 Å². The molecule has 2 aliphatic carbocycles. The van der Waals surface area contributed by atoms with E-state index in [9.17, 15) is 9.59 Å².